The van der Waals surface area contributed by atoms with Crippen LogP contribution in [0.25, 0.3) is 0 Å². The van der Waals surface area contributed by atoms with E-state index in [1.54, 1.807) is 6.20 Å². The van der Waals surface area contributed by atoms with Crippen molar-refractivity contribution in [3.8, 4) is 0 Å². The summed E-state index contributed by atoms with van der Waals surface area (Å²) in [5.74, 6) is 0.936. The van der Waals surface area contributed by atoms with E-state index in [9.17, 15) is 4.79 Å². The molecule has 2 fully saturated rings. The summed E-state index contributed by atoms with van der Waals surface area (Å²) in [5, 5.41) is 0. The summed E-state index contributed by atoms with van der Waals surface area (Å²) in [6.45, 7) is 4.61. The number of ether oxygens (including phenoxy) is 1. The van der Waals surface area contributed by atoms with Crippen LogP contribution in [0, 0.1) is 0 Å². The molecule has 3 rings (SSSR count). The Morgan fingerprint density at radius 2 is 1.85 bits per heavy atom. The molecule has 5 heteroatoms. The molecule has 0 radical (unpaired) electrons. The summed E-state index contributed by atoms with van der Waals surface area (Å²) in [6.07, 6.45) is 5.42. The molecule has 2 saturated heterocycles. The highest BCUT2D eigenvalue weighted by molar-refractivity contribution is 5.99. The topological polar surface area (TPSA) is 45.7 Å². The molecular weight excluding hydrogens is 254 g/mol. The van der Waals surface area contributed by atoms with Crippen LogP contribution >= 0.6 is 0 Å². The number of carbonyl (C=O) groups is 1. The molecule has 0 bridgehead atoms. The highest BCUT2D eigenvalue weighted by atomic mass is 16.5. The first-order valence-corrected chi connectivity index (χ1v) is 7.43. The van der Waals surface area contributed by atoms with Gasteiger partial charge in [-0.25, -0.2) is 4.98 Å². The van der Waals surface area contributed by atoms with Crippen LogP contribution in [-0.2, 0) is 4.74 Å². The molecule has 0 aliphatic carbocycles. The van der Waals surface area contributed by atoms with Gasteiger partial charge in [-0.1, -0.05) is 0 Å². The van der Waals surface area contributed by atoms with E-state index in [1.807, 2.05) is 17.0 Å². The zero-order chi connectivity index (χ0) is 13.8. The van der Waals surface area contributed by atoms with Crippen LogP contribution in [-0.4, -0.2) is 55.2 Å². The van der Waals surface area contributed by atoms with Crippen molar-refractivity contribution in [3.63, 3.8) is 0 Å². The van der Waals surface area contributed by atoms with Crippen molar-refractivity contribution in [2.75, 3.05) is 44.3 Å². The van der Waals surface area contributed by atoms with Crippen molar-refractivity contribution in [2.24, 2.45) is 0 Å². The summed E-state index contributed by atoms with van der Waals surface area (Å²) in [4.78, 5) is 21.2. The van der Waals surface area contributed by atoms with Gasteiger partial charge in [0.1, 0.15) is 5.82 Å². The quantitative estimate of drug-likeness (QED) is 0.821. The lowest BCUT2D eigenvalue weighted by Gasteiger charge is -2.31. The first-order chi connectivity index (χ1) is 9.86. The van der Waals surface area contributed by atoms with Gasteiger partial charge >= 0.3 is 0 Å². The molecule has 0 spiro atoms. The normalized spacial score (nSPS) is 20.0. The lowest BCUT2D eigenvalue weighted by molar-refractivity contribution is 0.0303. The van der Waals surface area contributed by atoms with Gasteiger partial charge in [0, 0.05) is 32.4 Å². The Labute approximate surface area is 119 Å². The number of nitrogens with zero attached hydrogens (tertiary/aromatic N) is 3. The Morgan fingerprint density at radius 1 is 1.10 bits per heavy atom. The number of anilines is 1. The zero-order valence-corrected chi connectivity index (χ0v) is 11.8. The van der Waals surface area contributed by atoms with Gasteiger partial charge in [0.15, 0.2) is 0 Å². The van der Waals surface area contributed by atoms with Gasteiger partial charge in [-0.05, 0) is 31.4 Å². The first-order valence-electron chi connectivity index (χ1n) is 7.43. The fraction of sp³-hybridized carbons (Fsp3) is 0.600. The molecule has 0 unspecified atom stereocenters. The first kappa shape index (κ1) is 13.4. The van der Waals surface area contributed by atoms with Crippen molar-refractivity contribution >= 4 is 11.7 Å². The number of rotatable bonds is 2. The third-order valence-corrected chi connectivity index (χ3v) is 3.97. The van der Waals surface area contributed by atoms with Crippen LogP contribution in [0.1, 0.15) is 29.6 Å². The number of hydrogen-bond donors (Lipinski definition) is 0. The zero-order valence-electron chi connectivity index (χ0n) is 11.8. The summed E-state index contributed by atoms with van der Waals surface area (Å²) in [6, 6.07) is 3.75. The van der Waals surface area contributed by atoms with Gasteiger partial charge in [0.25, 0.3) is 5.91 Å². The average Bonchev–Trinajstić information content (AvgIpc) is 2.56. The number of piperidine rings is 1. The smallest absolute Gasteiger partial charge is 0.257 e. The van der Waals surface area contributed by atoms with Gasteiger partial charge in [0.2, 0.25) is 0 Å². The number of aromatic nitrogens is 1. The molecule has 1 amide bonds. The van der Waals surface area contributed by atoms with Gasteiger partial charge in [-0.2, -0.15) is 0 Å². The summed E-state index contributed by atoms with van der Waals surface area (Å²) >= 11 is 0. The maximum absolute atomic E-state index is 12.7. The maximum atomic E-state index is 12.7. The van der Waals surface area contributed by atoms with E-state index in [0.717, 1.165) is 24.5 Å². The van der Waals surface area contributed by atoms with Crippen LogP contribution in [0.3, 0.4) is 0 Å². The lowest BCUT2D eigenvalue weighted by Crippen LogP contribution is -2.41. The third-order valence-electron chi connectivity index (χ3n) is 3.97. The molecule has 1 aromatic rings. The lowest BCUT2D eigenvalue weighted by atomic mass is 10.1. The minimum atomic E-state index is 0.0852. The van der Waals surface area contributed by atoms with Crippen LogP contribution in [0.15, 0.2) is 18.3 Å². The fourth-order valence-electron chi connectivity index (χ4n) is 2.86. The van der Waals surface area contributed by atoms with E-state index in [0.29, 0.717) is 26.3 Å². The Hall–Kier alpha value is -1.62. The van der Waals surface area contributed by atoms with E-state index in [2.05, 4.69) is 9.88 Å². The van der Waals surface area contributed by atoms with Gasteiger partial charge < -0.3 is 14.5 Å². The molecule has 3 heterocycles. The number of morpholine rings is 1. The van der Waals surface area contributed by atoms with E-state index in [4.69, 9.17) is 4.74 Å². The molecule has 5 nitrogen and oxygen atoms in total. The predicted octanol–water partition coefficient (Wildman–Crippen LogP) is 1.54. The number of amides is 1. The van der Waals surface area contributed by atoms with Crippen LogP contribution < -0.4 is 4.90 Å². The molecule has 2 aliphatic heterocycles. The second-order valence-corrected chi connectivity index (χ2v) is 5.33. The van der Waals surface area contributed by atoms with E-state index in [1.165, 1.54) is 19.3 Å². The molecule has 0 aromatic carbocycles. The van der Waals surface area contributed by atoms with Crippen LogP contribution in [0.4, 0.5) is 5.82 Å². The maximum Gasteiger partial charge on any atom is 0.257 e. The Balaban J connectivity index is 1.82. The molecule has 0 atom stereocenters. The Bertz CT molecular complexity index is 466. The minimum absolute atomic E-state index is 0.0852. The molecule has 108 valence electrons. The van der Waals surface area contributed by atoms with E-state index in [-0.39, 0.29) is 5.91 Å². The SMILES string of the molecule is O=C(c1cccnc1N1CCCCC1)N1CCOCC1. The van der Waals surface area contributed by atoms with Crippen molar-refractivity contribution < 1.29 is 9.53 Å². The molecule has 0 N–H and O–H groups in total. The molecule has 0 saturated carbocycles. The summed E-state index contributed by atoms with van der Waals surface area (Å²) in [5.41, 5.74) is 0.733. The Morgan fingerprint density at radius 3 is 2.60 bits per heavy atom. The van der Waals surface area contributed by atoms with Gasteiger partial charge in [-0.15, -0.1) is 0 Å². The standard InChI is InChI=1S/C15H21N3O2/c19-15(18-9-11-20-12-10-18)13-5-4-6-16-14(13)17-7-2-1-3-8-17/h4-6H,1-3,7-12H2. The fourth-order valence-corrected chi connectivity index (χ4v) is 2.86. The summed E-state index contributed by atoms with van der Waals surface area (Å²) < 4.78 is 5.31. The van der Waals surface area contributed by atoms with Crippen molar-refractivity contribution in [1.82, 2.24) is 9.88 Å². The van der Waals surface area contributed by atoms with Crippen LogP contribution in [0.2, 0.25) is 0 Å². The molecule has 20 heavy (non-hydrogen) atoms. The third kappa shape index (κ3) is 2.77. The van der Waals surface area contributed by atoms with E-state index < -0.39 is 0 Å². The summed E-state index contributed by atoms with van der Waals surface area (Å²) in [7, 11) is 0. The second kappa shape index (κ2) is 6.22. The predicted molar refractivity (Wildman–Crippen MR) is 77.0 cm³/mol. The average molecular weight is 275 g/mol. The molecule has 1 aromatic heterocycles. The number of pyridine rings is 1. The Kier molecular flexibility index (Phi) is 4.16. The van der Waals surface area contributed by atoms with Gasteiger partial charge in [0.05, 0.1) is 18.8 Å². The highest BCUT2D eigenvalue weighted by Gasteiger charge is 2.24. The minimum Gasteiger partial charge on any atom is -0.378 e. The monoisotopic (exact) mass is 275 g/mol. The van der Waals surface area contributed by atoms with Crippen molar-refractivity contribution in [1.29, 1.82) is 0 Å². The number of carbonyl (C=O) groups excluding carboxylic acids is 1. The van der Waals surface area contributed by atoms with Crippen molar-refractivity contribution in [2.45, 2.75) is 19.3 Å². The number of hydrogen-bond acceptors (Lipinski definition) is 4. The largest absolute Gasteiger partial charge is 0.378 e. The van der Waals surface area contributed by atoms with E-state index >= 15 is 0 Å². The van der Waals surface area contributed by atoms with Crippen molar-refractivity contribution in [3.05, 3.63) is 23.9 Å². The molecular formula is C15H21N3O2. The molecule has 2 aliphatic rings. The second-order valence-electron chi connectivity index (χ2n) is 5.33. The van der Waals surface area contributed by atoms with Crippen LogP contribution in [0.5, 0.6) is 0 Å². The highest BCUT2D eigenvalue weighted by Crippen LogP contribution is 2.23. The van der Waals surface area contributed by atoms with Gasteiger partial charge in [-0.3, -0.25) is 4.79 Å².